The highest BCUT2D eigenvalue weighted by molar-refractivity contribution is 4.88. The minimum Gasteiger partial charge on any atom is -0.202 e. The van der Waals surface area contributed by atoms with E-state index in [2.05, 4.69) is 6.58 Å². The quantitative estimate of drug-likeness (QED) is 0.421. The van der Waals surface area contributed by atoms with Crippen LogP contribution in [0.25, 0.3) is 0 Å². The third-order valence-electron chi connectivity index (χ3n) is 0.539. The molecule has 0 radical (unpaired) electrons. The van der Waals surface area contributed by atoms with Gasteiger partial charge in [0, 0.05) is 6.08 Å². The van der Waals surface area contributed by atoms with Crippen LogP contribution in [0.4, 0.5) is 30.7 Å². The van der Waals surface area contributed by atoms with E-state index in [-0.39, 0.29) is 6.08 Å². The minimum atomic E-state index is -4.86. The highest BCUT2D eigenvalue weighted by Crippen LogP contribution is 2.23. The van der Waals surface area contributed by atoms with Crippen LogP contribution in [0.2, 0.25) is 0 Å². The molecule has 0 bridgehead atoms. The number of rotatable bonds is 0. The summed E-state index contributed by atoms with van der Waals surface area (Å²) in [5.41, 5.74) is 0. The summed E-state index contributed by atoms with van der Waals surface area (Å²) < 4.78 is 75.0. The van der Waals surface area contributed by atoms with Crippen LogP contribution >= 0.6 is 0 Å². The van der Waals surface area contributed by atoms with Gasteiger partial charge in [0.1, 0.15) is 0 Å². The molecule has 78 valence electrons. The van der Waals surface area contributed by atoms with Crippen LogP contribution < -0.4 is 0 Å². The Labute approximate surface area is 69.3 Å². The lowest BCUT2D eigenvalue weighted by Gasteiger charge is -1.97. The first-order valence-electron chi connectivity index (χ1n) is 2.62. The molecule has 0 atom stereocenters. The van der Waals surface area contributed by atoms with Crippen molar-refractivity contribution in [1.82, 2.24) is 0 Å². The van der Waals surface area contributed by atoms with E-state index in [9.17, 15) is 30.7 Å². The zero-order chi connectivity index (χ0) is 11.3. The molecular weight excluding hydrogens is 205 g/mol. The average molecular weight is 210 g/mol. The Morgan fingerprint density at radius 1 is 1.00 bits per heavy atom. The lowest BCUT2D eigenvalue weighted by atomic mass is 10.6. The first-order valence-corrected chi connectivity index (χ1v) is 2.62. The van der Waals surface area contributed by atoms with Crippen molar-refractivity contribution in [1.29, 1.82) is 0 Å². The largest absolute Gasteiger partial charge is 0.442 e. The van der Waals surface area contributed by atoms with Gasteiger partial charge in [-0.3, -0.25) is 0 Å². The van der Waals surface area contributed by atoms with Crippen LogP contribution in [0.3, 0.4) is 0 Å². The molecule has 0 aromatic carbocycles. The fourth-order valence-corrected chi connectivity index (χ4v) is 0. The van der Waals surface area contributed by atoms with E-state index in [1.165, 1.54) is 0 Å². The van der Waals surface area contributed by atoms with Gasteiger partial charge in [0.25, 0.3) is 0 Å². The number of hydrogen-bond donors (Lipinski definition) is 0. The van der Waals surface area contributed by atoms with Crippen LogP contribution in [0, 0.1) is 0 Å². The third-order valence-corrected chi connectivity index (χ3v) is 0.539. The average Bonchev–Trinajstić information content (AvgIpc) is 1.85. The van der Waals surface area contributed by atoms with E-state index in [0.29, 0.717) is 0 Å². The topological polar surface area (TPSA) is 0 Å². The summed E-state index contributed by atoms with van der Waals surface area (Å²) in [6.07, 6.45) is -9.12. The number of hydrogen-bond acceptors (Lipinski definition) is 0. The summed E-state index contributed by atoms with van der Waals surface area (Å²) in [5.74, 6) is -2.26. The Balaban J connectivity index is 0. The van der Waals surface area contributed by atoms with Gasteiger partial charge in [-0.05, 0) is 0 Å². The van der Waals surface area contributed by atoms with Gasteiger partial charge in [0.05, 0.1) is 0 Å². The van der Waals surface area contributed by atoms with Gasteiger partial charge < -0.3 is 0 Å². The monoisotopic (exact) mass is 210 g/mol. The Morgan fingerprint density at radius 3 is 1.15 bits per heavy atom. The first-order chi connectivity index (χ1) is 5.50. The molecule has 0 saturated heterocycles. The van der Waals surface area contributed by atoms with Gasteiger partial charge in [0.2, 0.25) is 0 Å². The van der Waals surface area contributed by atoms with Gasteiger partial charge in [0.15, 0.2) is 5.83 Å². The molecule has 0 aliphatic rings. The van der Waals surface area contributed by atoms with Crippen LogP contribution in [-0.4, -0.2) is 12.4 Å². The molecule has 0 N–H and O–H groups in total. The molecule has 0 saturated carbocycles. The molecule has 0 aliphatic carbocycles. The second-order valence-corrected chi connectivity index (χ2v) is 1.65. The van der Waals surface area contributed by atoms with Crippen molar-refractivity contribution >= 4 is 0 Å². The van der Waals surface area contributed by atoms with E-state index in [1.54, 1.807) is 0 Å². The fourth-order valence-electron chi connectivity index (χ4n) is 0. The highest BCUT2D eigenvalue weighted by Gasteiger charge is 2.32. The molecule has 0 aromatic heterocycles. The van der Waals surface area contributed by atoms with Crippen molar-refractivity contribution in [3.05, 3.63) is 25.1 Å². The second kappa shape index (κ2) is 4.88. The first kappa shape index (κ1) is 14.5. The fraction of sp³-hybridized carbons (Fsp3) is 0.333. The Kier molecular flexibility index (Phi) is 5.45. The van der Waals surface area contributed by atoms with Crippen molar-refractivity contribution in [3.8, 4) is 0 Å². The summed E-state index contributed by atoms with van der Waals surface area (Å²) in [6.45, 7) is 4.54. The lowest BCUT2D eigenvalue weighted by Crippen LogP contribution is -2.05. The second-order valence-electron chi connectivity index (χ2n) is 1.65. The van der Waals surface area contributed by atoms with Gasteiger partial charge in [-0.1, -0.05) is 13.2 Å². The standard InChI is InChI=1S/C3H2F4.C3H3F3/c1-2(4)3(5,6)7;1-2-3(4,5)6/h1H2;2H,1H2. The van der Waals surface area contributed by atoms with E-state index in [4.69, 9.17) is 0 Å². The lowest BCUT2D eigenvalue weighted by molar-refractivity contribution is -0.108. The van der Waals surface area contributed by atoms with Crippen molar-refractivity contribution < 1.29 is 30.7 Å². The Hall–Kier alpha value is -1.01. The van der Waals surface area contributed by atoms with E-state index >= 15 is 0 Å². The Bertz CT molecular complexity index is 172. The molecule has 0 amide bonds. The number of allylic oxidation sites excluding steroid dienone is 2. The number of alkyl halides is 6. The summed E-state index contributed by atoms with van der Waals surface area (Å²) in [7, 11) is 0. The molecule has 0 heterocycles. The zero-order valence-corrected chi connectivity index (χ0v) is 6.14. The van der Waals surface area contributed by atoms with E-state index in [1.807, 2.05) is 6.58 Å². The van der Waals surface area contributed by atoms with Crippen LogP contribution in [0.1, 0.15) is 0 Å². The van der Waals surface area contributed by atoms with Gasteiger partial charge in [-0.15, -0.1) is 0 Å². The molecule has 0 aliphatic heterocycles. The van der Waals surface area contributed by atoms with Crippen molar-refractivity contribution in [2.45, 2.75) is 12.4 Å². The molecule has 0 nitrogen and oxygen atoms in total. The Morgan fingerprint density at radius 2 is 1.15 bits per heavy atom. The number of halogens is 7. The van der Waals surface area contributed by atoms with Gasteiger partial charge in [-0.25, -0.2) is 4.39 Å². The van der Waals surface area contributed by atoms with Crippen molar-refractivity contribution in [3.63, 3.8) is 0 Å². The third kappa shape index (κ3) is 13.9. The maximum Gasteiger partial charge on any atom is 0.442 e. The van der Waals surface area contributed by atoms with Gasteiger partial charge >= 0.3 is 12.4 Å². The molecule has 0 unspecified atom stereocenters. The summed E-state index contributed by atoms with van der Waals surface area (Å²) in [6, 6.07) is 0. The zero-order valence-electron chi connectivity index (χ0n) is 6.14. The highest BCUT2D eigenvalue weighted by atomic mass is 19.4. The van der Waals surface area contributed by atoms with E-state index in [0.717, 1.165) is 0 Å². The molecule has 0 aromatic rings. The summed E-state index contributed by atoms with van der Waals surface area (Å²) in [4.78, 5) is 0. The smallest absolute Gasteiger partial charge is 0.202 e. The van der Waals surface area contributed by atoms with Crippen molar-refractivity contribution in [2.75, 3.05) is 0 Å². The predicted molar refractivity (Wildman–Crippen MR) is 32.6 cm³/mol. The normalized spacial score (nSPS) is 11.3. The molecule has 0 fully saturated rings. The van der Waals surface area contributed by atoms with Crippen molar-refractivity contribution in [2.24, 2.45) is 0 Å². The molecule has 7 heteroatoms. The maximum absolute atomic E-state index is 10.9. The summed E-state index contributed by atoms with van der Waals surface area (Å²) >= 11 is 0. The SMILES string of the molecule is C=C(F)C(F)(F)F.C=CC(F)(F)F. The molecule has 13 heavy (non-hydrogen) atoms. The van der Waals surface area contributed by atoms with Crippen LogP contribution in [0.5, 0.6) is 0 Å². The minimum absolute atomic E-state index is 0.0625. The van der Waals surface area contributed by atoms with Gasteiger partial charge in [-0.2, -0.15) is 26.3 Å². The molecule has 0 spiro atoms. The van der Waals surface area contributed by atoms with Crippen LogP contribution in [0.15, 0.2) is 25.1 Å². The summed E-state index contributed by atoms with van der Waals surface area (Å²) in [5, 5.41) is 0. The van der Waals surface area contributed by atoms with Crippen LogP contribution in [-0.2, 0) is 0 Å². The maximum atomic E-state index is 10.9. The molecule has 0 rings (SSSR count). The van der Waals surface area contributed by atoms with E-state index < -0.39 is 18.2 Å². The molecular formula is C6H5F7. The predicted octanol–water partition coefficient (Wildman–Crippen LogP) is 3.77.